The molecule has 0 bridgehead atoms. The van der Waals surface area contributed by atoms with Crippen LogP contribution in [-0.2, 0) is 17.1 Å². The normalized spacial score (nSPS) is 17.9. The third-order valence-electron chi connectivity index (χ3n) is 5.14. The second kappa shape index (κ2) is 7.92. The molecule has 2 aromatic heterocycles. The van der Waals surface area contributed by atoms with E-state index in [1.807, 2.05) is 24.3 Å². The Morgan fingerprint density at radius 1 is 1.14 bits per heavy atom. The molecule has 0 spiro atoms. The number of aryl methyl sites for hydroxylation is 1. The van der Waals surface area contributed by atoms with Crippen molar-refractivity contribution >= 4 is 10.0 Å². The number of piperidine rings is 1. The summed E-state index contributed by atoms with van der Waals surface area (Å²) in [5.74, 6) is 0.652. The smallest absolute Gasteiger partial charge is 0.262 e. The average Bonchev–Trinajstić information content (AvgIpc) is 3.21. The summed E-state index contributed by atoms with van der Waals surface area (Å²) >= 11 is 0. The summed E-state index contributed by atoms with van der Waals surface area (Å²) in [5, 5.41) is 0.0738. The van der Waals surface area contributed by atoms with E-state index in [0.29, 0.717) is 18.8 Å². The van der Waals surface area contributed by atoms with Crippen LogP contribution in [0.2, 0.25) is 0 Å². The van der Waals surface area contributed by atoms with Crippen LogP contribution in [-0.4, -0.2) is 52.4 Å². The molecule has 8 nitrogen and oxygen atoms in total. The highest BCUT2D eigenvalue weighted by molar-refractivity contribution is 7.89. The second-order valence-electron chi connectivity index (χ2n) is 7.07. The summed E-state index contributed by atoms with van der Waals surface area (Å²) in [5.41, 5.74) is 2.37. The summed E-state index contributed by atoms with van der Waals surface area (Å²) in [6, 6.07) is 7.65. The van der Waals surface area contributed by atoms with Crippen molar-refractivity contribution in [2.24, 2.45) is 7.05 Å². The van der Waals surface area contributed by atoms with E-state index in [9.17, 15) is 8.42 Å². The van der Waals surface area contributed by atoms with Gasteiger partial charge in [0.15, 0.2) is 5.03 Å². The summed E-state index contributed by atoms with van der Waals surface area (Å²) < 4.78 is 34.7. The number of ether oxygens (including phenoxy) is 1. The molecule has 1 aromatic carbocycles. The lowest BCUT2D eigenvalue weighted by atomic mass is 9.92. The fraction of sp³-hybridized carbons (Fsp3) is 0.350. The van der Waals surface area contributed by atoms with E-state index in [1.54, 1.807) is 31.1 Å². The number of imidazole rings is 1. The standard InChI is InChI=1S/C20H23N5O3S/c1-24-13-18(23-14-24)29(26,27)25-11-5-6-15(12-25)19-20(22-10-9-21-19)16-7-3-4-8-17(16)28-2/h3-4,7-10,13-15H,5-6,11-12H2,1-2H3/t15-/m1/s1. The van der Waals surface area contributed by atoms with Crippen molar-refractivity contribution < 1.29 is 13.2 Å². The molecule has 0 unspecified atom stereocenters. The van der Waals surface area contributed by atoms with E-state index in [0.717, 1.165) is 29.8 Å². The van der Waals surface area contributed by atoms with Gasteiger partial charge < -0.3 is 9.30 Å². The first-order valence-corrected chi connectivity index (χ1v) is 10.9. The first kappa shape index (κ1) is 19.5. The maximum Gasteiger partial charge on any atom is 0.262 e. The zero-order chi connectivity index (χ0) is 20.4. The second-order valence-corrected chi connectivity index (χ2v) is 8.95. The summed E-state index contributed by atoms with van der Waals surface area (Å²) in [6.07, 6.45) is 7.92. The molecule has 0 radical (unpaired) electrons. The van der Waals surface area contributed by atoms with Crippen LogP contribution in [0.1, 0.15) is 24.5 Å². The van der Waals surface area contributed by atoms with Gasteiger partial charge in [-0.2, -0.15) is 4.31 Å². The van der Waals surface area contributed by atoms with Crippen molar-refractivity contribution in [3.63, 3.8) is 0 Å². The molecule has 1 fully saturated rings. The maximum absolute atomic E-state index is 13.0. The van der Waals surface area contributed by atoms with Crippen molar-refractivity contribution in [2.75, 3.05) is 20.2 Å². The van der Waals surface area contributed by atoms with Crippen LogP contribution in [0.15, 0.2) is 54.2 Å². The lowest BCUT2D eigenvalue weighted by molar-refractivity contribution is 0.312. The minimum atomic E-state index is -3.64. The van der Waals surface area contributed by atoms with E-state index in [2.05, 4.69) is 15.0 Å². The topological polar surface area (TPSA) is 90.2 Å². The predicted octanol–water partition coefficient (Wildman–Crippen LogP) is 2.45. The van der Waals surface area contributed by atoms with Crippen molar-refractivity contribution in [1.29, 1.82) is 0 Å². The van der Waals surface area contributed by atoms with Gasteiger partial charge in [-0.15, -0.1) is 0 Å². The van der Waals surface area contributed by atoms with Gasteiger partial charge >= 0.3 is 0 Å². The van der Waals surface area contributed by atoms with Crippen molar-refractivity contribution in [3.05, 3.63) is 54.9 Å². The lowest BCUT2D eigenvalue weighted by Crippen LogP contribution is -2.39. The lowest BCUT2D eigenvalue weighted by Gasteiger charge is -2.31. The van der Waals surface area contributed by atoms with Gasteiger partial charge in [0.25, 0.3) is 10.0 Å². The van der Waals surface area contributed by atoms with Gasteiger partial charge in [0.1, 0.15) is 5.75 Å². The Labute approximate surface area is 170 Å². The average molecular weight is 414 g/mol. The highest BCUT2D eigenvalue weighted by Gasteiger charge is 2.34. The van der Waals surface area contributed by atoms with E-state index >= 15 is 0 Å². The number of sulfonamides is 1. The number of benzene rings is 1. The summed E-state index contributed by atoms with van der Waals surface area (Å²) in [6.45, 7) is 0.819. The molecular weight excluding hydrogens is 390 g/mol. The summed E-state index contributed by atoms with van der Waals surface area (Å²) in [7, 11) is -0.268. The Balaban J connectivity index is 1.68. The van der Waals surface area contributed by atoms with E-state index in [4.69, 9.17) is 4.74 Å². The van der Waals surface area contributed by atoms with Crippen molar-refractivity contribution in [2.45, 2.75) is 23.8 Å². The molecule has 3 aromatic rings. The zero-order valence-corrected chi connectivity index (χ0v) is 17.2. The number of rotatable bonds is 5. The SMILES string of the molecule is COc1ccccc1-c1nccnc1[C@@H]1CCCN(S(=O)(=O)c2cn(C)cn2)C1. The van der Waals surface area contributed by atoms with Crippen LogP contribution in [0.3, 0.4) is 0 Å². The molecule has 1 aliphatic rings. The molecule has 0 amide bonds. The zero-order valence-electron chi connectivity index (χ0n) is 16.4. The predicted molar refractivity (Wildman–Crippen MR) is 108 cm³/mol. The van der Waals surface area contributed by atoms with Gasteiger partial charge in [-0.05, 0) is 25.0 Å². The highest BCUT2D eigenvalue weighted by atomic mass is 32.2. The number of methoxy groups -OCH3 is 1. The van der Waals surface area contributed by atoms with Gasteiger partial charge in [0, 0.05) is 50.2 Å². The molecule has 9 heteroatoms. The minimum absolute atomic E-state index is 0.0594. The molecule has 0 N–H and O–H groups in total. The highest BCUT2D eigenvalue weighted by Crippen LogP contribution is 2.36. The van der Waals surface area contributed by atoms with Gasteiger partial charge in [-0.25, -0.2) is 13.4 Å². The van der Waals surface area contributed by atoms with Crippen LogP contribution in [0, 0.1) is 0 Å². The Morgan fingerprint density at radius 3 is 2.69 bits per heavy atom. The van der Waals surface area contributed by atoms with Crippen molar-refractivity contribution in [3.8, 4) is 17.0 Å². The summed E-state index contributed by atoms with van der Waals surface area (Å²) in [4.78, 5) is 13.2. The molecule has 0 saturated carbocycles. The fourth-order valence-corrected chi connectivity index (χ4v) is 5.22. The van der Waals surface area contributed by atoms with Crippen LogP contribution >= 0.6 is 0 Å². The van der Waals surface area contributed by atoms with Gasteiger partial charge in [0.05, 0.1) is 24.8 Å². The molecule has 3 heterocycles. The molecule has 1 aliphatic heterocycles. The third-order valence-corrected chi connectivity index (χ3v) is 6.90. The Hall–Kier alpha value is -2.78. The largest absolute Gasteiger partial charge is 0.496 e. The van der Waals surface area contributed by atoms with Gasteiger partial charge in [-0.1, -0.05) is 12.1 Å². The first-order valence-electron chi connectivity index (χ1n) is 9.43. The molecular formula is C20H23N5O3S. The van der Waals surface area contributed by atoms with Crippen LogP contribution in [0.25, 0.3) is 11.3 Å². The van der Waals surface area contributed by atoms with Crippen molar-refractivity contribution in [1.82, 2.24) is 23.8 Å². The Kier molecular flexibility index (Phi) is 5.33. The Morgan fingerprint density at radius 2 is 1.93 bits per heavy atom. The fourth-order valence-electron chi connectivity index (χ4n) is 3.73. The van der Waals surface area contributed by atoms with Crippen LogP contribution in [0.4, 0.5) is 0 Å². The number of nitrogens with zero attached hydrogens (tertiary/aromatic N) is 5. The molecule has 1 atom stereocenters. The molecule has 152 valence electrons. The number of aromatic nitrogens is 4. The van der Waals surface area contributed by atoms with Gasteiger partial charge in [0.2, 0.25) is 0 Å². The Bertz CT molecular complexity index is 1110. The molecule has 0 aliphatic carbocycles. The monoisotopic (exact) mass is 413 g/mol. The molecule has 1 saturated heterocycles. The maximum atomic E-state index is 13.0. The van der Waals surface area contributed by atoms with E-state index in [1.165, 1.54) is 16.8 Å². The molecule has 4 rings (SSSR count). The van der Waals surface area contributed by atoms with Crippen LogP contribution < -0.4 is 4.74 Å². The van der Waals surface area contributed by atoms with Crippen LogP contribution in [0.5, 0.6) is 5.75 Å². The van der Waals surface area contributed by atoms with Gasteiger partial charge in [-0.3, -0.25) is 9.97 Å². The minimum Gasteiger partial charge on any atom is -0.496 e. The van der Waals surface area contributed by atoms with E-state index < -0.39 is 10.0 Å². The molecule has 29 heavy (non-hydrogen) atoms. The number of para-hydroxylation sites is 1. The first-order chi connectivity index (χ1) is 14.0. The number of hydrogen-bond acceptors (Lipinski definition) is 6. The third kappa shape index (κ3) is 3.75. The van der Waals surface area contributed by atoms with E-state index in [-0.39, 0.29) is 10.9 Å². The number of hydrogen-bond donors (Lipinski definition) is 0. The quantitative estimate of drug-likeness (QED) is 0.638.